The zero-order valence-corrected chi connectivity index (χ0v) is 13.1. The molecule has 0 bridgehead atoms. The second kappa shape index (κ2) is 6.02. The highest BCUT2D eigenvalue weighted by Crippen LogP contribution is 2.27. The number of benzene rings is 1. The minimum Gasteiger partial charge on any atom is -0.399 e. The summed E-state index contributed by atoms with van der Waals surface area (Å²) < 4.78 is 2.11. The molecule has 3 rings (SSSR count). The Bertz CT molecular complexity index is 774. The first kappa shape index (κ1) is 14.3. The van der Waals surface area contributed by atoms with Gasteiger partial charge in [-0.25, -0.2) is 4.98 Å². The van der Waals surface area contributed by atoms with E-state index in [1.165, 1.54) is 11.1 Å². The number of nitrogens with zero attached hydrogens (tertiary/aromatic N) is 3. The Kier molecular flexibility index (Phi) is 3.92. The molecule has 0 unspecified atom stereocenters. The number of rotatable bonds is 4. The van der Waals surface area contributed by atoms with E-state index >= 15 is 0 Å². The molecule has 0 saturated heterocycles. The molecule has 0 saturated carbocycles. The van der Waals surface area contributed by atoms with Crippen LogP contribution >= 0.6 is 0 Å². The molecule has 22 heavy (non-hydrogen) atoms. The van der Waals surface area contributed by atoms with E-state index in [4.69, 9.17) is 4.84 Å². The van der Waals surface area contributed by atoms with Gasteiger partial charge in [0.15, 0.2) is 0 Å². The van der Waals surface area contributed by atoms with E-state index in [1.54, 1.807) is 7.11 Å². The predicted molar refractivity (Wildman–Crippen MR) is 88.3 cm³/mol. The fraction of sp³-hybridized carbons (Fsp3) is 0.222. The van der Waals surface area contributed by atoms with Crippen molar-refractivity contribution < 1.29 is 4.84 Å². The Labute approximate surface area is 130 Å². The summed E-state index contributed by atoms with van der Waals surface area (Å²) in [6.45, 7) is 4.77. The summed E-state index contributed by atoms with van der Waals surface area (Å²) in [7, 11) is 1.57. The summed E-state index contributed by atoms with van der Waals surface area (Å²) in [5.41, 5.74) is 5.41. The average molecular weight is 293 g/mol. The normalized spacial score (nSPS) is 11.9. The molecule has 2 aliphatic rings. The Morgan fingerprint density at radius 2 is 1.91 bits per heavy atom. The first-order valence-corrected chi connectivity index (χ1v) is 7.28. The van der Waals surface area contributed by atoms with Crippen LogP contribution in [-0.2, 0) is 11.4 Å². The molecule has 0 atom stereocenters. The summed E-state index contributed by atoms with van der Waals surface area (Å²) >= 11 is 0. The molecular formula is C18H19N3O. The van der Waals surface area contributed by atoms with Crippen LogP contribution in [0, 0.1) is 13.8 Å². The first-order chi connectivity index (χ1) is 10.7. The summed E-state index contributed by atoms with van der Waals surface area (Å²) in [6.07, 6.45) is 2.03. The number of fused-ring (bicyclic) bond motifs is 1. The van der Waals surface area contributed by atoms with Gasteiger partial charge in [0, 0.05) is 23.0 Å². The van der Waals surface area contributed by atoms with Crippen LogP contribution in [0.5, 0.6) is 0 Å². The maximum Gasteiger partial charge on any atom is 0.140 e. The van der Waals surface area contributed by atoms with Gasteiger partial charge in [0.2, 0.25) is 0 Å². The molecule has 0 N–H and O–H groups in total. The van der Waals surface area contributed by atoms with Gasteiger partial charge in [-0.3, -0.25) is 0 Å². The van der Waals surface area contributed by atoms with Crippen molar-refractivity contribution in [3.63, 3.8) is 0 Å². The van der Waals surface area contributed by atoms with E-state index in [9.17, 15) is 0 Å². The van der Waals surface area contributed by atoms with Crippen LogP contribution in [0.25, 0.3) is 11.4 Å². The molecule has 4 heteroatoms. The Hall–Kier alpha value is -2.62. The van der Waals surface area contributed by atoms with Gasteiger partial charge in [0.1, 0.15) is 18.6 Å². The van der Waals surface area contributed by atoms with Crippen LogP contribution in [-0.4, -0.2) is 22.4 Å². The number of aryl methyl sites for hydroxylation is 1. The van der Waals surface area contributed by atoms with Crippen molar-refractivity contribution in [2.24, 2.45) is 5.16 Å². The lowest BCUT2D eigenvalue weighted by atomic mass is 10.1. The van der Waals surface area contributed by atoms with E-state index < -0.39 is 0 Å². The van der Waals surface area contributed by atoms with Gasteiger partial charge in [-0.05, 0) is 31.5 Å². The zero-order valence-electron chi connectivity index (χ0n) is 13.1. The SMILES string of the molecule is CON=C(Cn1cccc2c(C)c(C)nc1-2)c1ccccc1. The van der Waals surface area contributed by atoms with Crippen LogP contribution in [0.2, 0.25) is 0 Å². The van der Waals surface area contributed by atoms with Gasteiger partial charge < -0.3 is 9.40 Å². The van der Waals surface area contributed by atoms with Crippen LogP contribution < -0.4 is 0 Å². The third kappa shape index (κ3) is 2.60. The number of oxime groups is 1. The van der Waals surface area contributed by atoms with Crippen molar-refractivity contribution in [1.82, 2.24) is 9.55 Å². The van der Waals surface area contributed by atoms with Gasteiger partial charge in [-0.2, -0.15) is 0 Å². The number of pyridine rings is 1. The minimum atomic E-state index is 0.616. The highest BCUT2D eigenvalue weighted by Gasteiger charge is 2.16. The molecule has 112 valence electrons. The lowest BCUT2D eigenvalue weighted by Crippen LogP contribution is -2.14. The van der Waals surface area contributed by atoms with E-state index in [-0.39, 0.29) is 0 Å². The zero-order chi connectivity index (χ0) is 15.5. The lowest BCUT2D eigenvalue weighted by molar-refractivity contribution is 0.212. The van der Waals surface area contributed by atoms with Crippen molar-refractivity contribution in [3.8, 4) is 11.4 Å². The van der Waals surface area contributed by atoms with Crippen molar-refractivity contribution in [1.29, 1.82) is 0 Å². The molecule has 1 aromatic rings. The van der Waals surface area contributed by atoms with Crippen LogP contribution in [0.3, 0.4) is 0 Å². The second-order valence-corrected chi connectivity index (χ2v) is 5.28. The number of aromatic nitrogens is 2. The van der Waals surface area contributed by atoms with E-state index in [2.05, 4.69) is 27.7 Å². The predicted octanol–water partition coefficient (Wildman–Crippen LogP) is 3.66. The number of hydrogen-bond acceptors (Lipinski definition) is 3. The fourth-order valence-corrected chi connectivity index (χ4v) is 2.60. The smallest absolute Gasteiger partial charge is 0.140 e. The van der Waals surface area contributed by atoms with E-state index in [1.807, 2.05) is 49.5 Å². The molecule has 0 radical (unpaired) electrons. The van der Waals surface area contributed by atoms with Crippen LogP contribution in [0.15, 0.2) is 53.8 Å². The maximum atomic E-state index is 5.03. The third-order valence-corrected chi connectivity index (χ3v) is 3.89. The highest BCUT2D eigenvalue weighted by molar-refractivity contribution is 6.00. The Morgan fingerprint density at radius 1 is 1.14 bits per heavy atom. The van der Waals surface area contributed by atoms with Crippen molar-refractivity contribution >= 4 is 5.71 Å². The molecule has 4 nitrogen and oxygen atoms in total. The molecule has 0 spiro atoms. The van der Waals surface area contributed by atoms with Crippen molar-refractivity contribution in [2.45, 2.75) is 20.4 Å². The van der Waals surface area contributed by atoms with Crippen molar-refractivity contribution in [3.05, 3.63) is 65.5 Å². The molecule has 0 fully saturated rings. The molecule has 0 aromatic heterocycles. The fourth-order valence-electron chi connectivity index (χ4n) is 2.60. The molecule has 1 aromatic carbocycles. The standard InChI is InChI=1S/C18H19N3O/c1-13-14(2)19-18-16(13)10-7-11-21(18)12-17(20-22-3)15-8-5-4-6-9-15/h4-11H,12H2,1-3H3. The van der Waals surface area contributed by atoms with Crippen LogP contribution in [0.1, 0.15) is 16.8 Å². The monoisotopic (exact) mass is 293 g/mol. The van der Waals surface area contributed by atoms with Gasteiger partial charge in [0.05, 0.1) is 6.54 Å². The summed E-state index contributed by atoms with van der Waals surface area (Å²) in [6, 6.07) is 14.2. The van der Waals surface area contributed by atoms with Gasteiger partial charge in [-0.1, -0.05) is 35.5 Å². The van der Waals surface area contributed by atoms with E-state index in [0.29, 0.717) is 6.54 Å². The maximum absolute atomic E-state index is 5.03. The first-order valence-electron chi connectivity index (χ1n) is 7.28. The summed E-state index contributed by atoms with van der Waals surface area (Å²) in [5.74, 6) is 0.984. The molecule has 0 aliphatic carbocycles. The van der Waals surface area contributed by atoms with Crippen LogP contribution in [0.4, 0.5) is 0 Å². The van der Waals surface area contributed by atoms with Gasteiger partial charge in [0.25, 0.3) is 0 Å². The average Bonchev–Trinajstić information content (AvgIpc) is 2.84. The second-order valence-electron chi connectivity index (χ2n) is 5.28. The quantitative estimate of drug-likeness (QED) is 0.544. The largest absolute Gasteiger partial charge is 0.399 e. The molecule has 0 amide bonds. The number of hydrogen-bond donors (Lipinski definition) is 0. The van der Waals surface area contributed by atoms with Crippen molar-refractivity contribution in [2.75, 3.05) is 7.11 Å². The Balaban J connectivity index is 2.01. The van der Waals surface area contributed by atoms with Gasteiger partial charge >= 0.3 is 0 Å². The summed E-state index contributed by atoms with van der Waals surface area (Å²) in [5, 5.41) is 4.19. The van der Waals surface area contributed by atoms with E-state index in [0.717, 1.165) is 22.8 Å². The highest BCUT2D eigenvalue weighted by atomic mass is 16.6. The molecule has 2 aliphatic heterocycles. The summed E-state index contributed by atoms with van der Waals surface area (Å²) in [4.78, 5) is 9.71. The lowest BCUT2D eigenvalue weighted by Gasteiger charge is -2.13. The Morgan fingerprint density at radius 3 is 2.64 bits per heavy atom. The molecule has 2 heterocycles. The minimum absolute atomic E-state index is 0.616. The van der Waals surface area contributed by atoms with Gasteiger partial charge in [-0.15, -0.1) is 0 Å². The molecular weight excluding hydrogens is 274 g/mol. The third-order valence-electron chi connectivity index (χ3n) is 3.89. The topological polar surface area (TPSA) is 39.4 Å².